The Morgan fingerprint density at radius 2 is 2.17 bits per heavy atom. The molecule has 0 radical (unpaired) electrons. The molecule has 18 heavy (non-hydrogen) atoms. The van der Waals surface area contributed by atoms with Gasteiger partial charge >= 0.3 is 0 Å². The van der Waals surface area contributed by atoms with Crippen LogP contribution in [0.15, 0.2) is 18.2 Å². The minimum atomic E-state index is -0.638. The van der Waals surface area contributed by atoms with Crippen molar-refractivity contribution in [2.45, 2.75) is 39.4 Å². The summed E-state index contributed by atoms with van der Waals surface area (Å²) in [5, 5.41) is 2.46. The van der Waals surface area contributed by atoms with Gasteiger partial charge in [-0.15, -0.1) is 0 Å². The van der Waals surface area contributed by atoms with Gasteiger partial charge < -0.3 is 15.8 Å². The molecule has 2 unspecified atom stereocenters. The number of rotatable bonds is 5. The lowest BCUT2D eigenvalue weighted by molar-refractivity contribution is -0.129. The summed E-state index contributed by atoms with van der Waals surface area (Å²) >= 11 is 0. The molecule has 1 amide bonds. The first-order valence-electron chi connectivity index (χ1n) is 5.95. The maximum atomic E-state index is 13.4. The zero-order valence-corrected chi connectivity index (χ0v) is 10.9. The minimum absolute atomic E-state index is 0.0172. The standard InChI is InChI=1S/C13H19FN2O2/c1-4-8(2)18-9(3)13(17)16-12-7-10(15)5-6-11(12)14/h5-9H,4,15H2,1-3H3,(H,16,17). The molecule has 3 N–H and O–H groups in total. The highest BCUT2D eigenvalue weighted by Crippen LogP contribution is 2.18. The lowest BCUT2D eigenvalue weighted by Gasteiger charge is -2.17. The van der Waals surface area contributed by atoms with E-state index in [0.29, 0.717) is 5.69 Å². The van der Waals surface area contributed by atoms with E-state index in [2.05, 4.69) is 5.32 Å². The van der Waals surface area contributed by atoms with E-state index in [1.54, 1.807) is 6.92 Å². The number of benzene rings is 1. The number of nitrogens with two attached hydrogens (primary N) is 1. The Kier molecular flexibility index (Phi) is 5.09. The molecule has 1 aromatic rings. The summed E-state index contributed by atoms with van der Waals surface area (Å²) < 4.78 is 18.8. The first-order chi connectivity index (χ1) is 8.43. The average Bonchev–Trinajstić information content (AvgIpc) is 2.33. The monoisotopic (exact) mass is 254 g/mol. The van der Waals surface area contributed by atoms with Gasteiger partial charge in [-0.3, -0.25) is 4.79 Å². The molecular formula is C13H19FN2O2. The summed E-state index contributed by atoms with van der Waals surface area (Å²) in [5.41, 5.74) is 5.99. The van der Waals surface area contributed by atoms with Crippen LogP contribution in [0.5, 0.6) is 0 Å². The number of anilines is 2. The van der Waals surface area contributed by atoms with E-state index >= 15 is 0 Å². The number of carbonyl (C=O) groups excluding carboxylic acids is 1. The van der Waals surface area contributed by atoms with Crippen molar-refractivity contribution in [1.82, 2.24) is 0 Å². The van der Waals surface area contributed by atoms with Crippen LogP contribution >= 0.6 is 0 Å². The zero-order chi connectivity index (χ0) is 13.7. The topological polar surface area (TPSA) is 64.3 Å². The largest absolute Gasteiger partial charge is 0.399 e. The molecule has 2 atom stereocenters. The van der Waals surface area contributed by atoms with Crippen LogP contribution in [-0.2, 0) is 9.53 Å². The Bertz CT molecular complexity index is 423. The molecule has 0 aliphatic rings. The highest BCUT2D eigenvalue weighted by molar-refractivity contribution is 5.94. The average molecular weight is 254 g/mol. The van der Waals surface area contributed by atoms with E-state index in [4.69, 9.17) is 10.5 Å². The van der Waals surface area contributed by atoms with E-state index in [0.717, 1.165) is 6.42 Å². The summed E-state index contributed by atoms with van der Waals surface area (Å²) in [5.74, 6) is -0.909. The lowest BCUT2D eigenvalue weighted by atomic mass is 10.2. The van der Waals surface area contributed by atoms with Crippen LogP contribution in [0.25, 0.3) is 0 Å². The van der Waals surface area contributed by atoms with Crippen molar-refractivity contribution < 1.29 is 13.9 Å². The number of amides is 1. The van der Waals surface area contributed by atoms with Crippen LogP contribution in [0.1, 0.15) is 27.2 Å². The molecule has 0 fully saturated rings. The van der Waals surface area contributed by atoms with Gasteiger partial charge in [0.1, 0.15) is 11.9 Å². The minimum Gasteiger partial charge on any atom is -0.399 e. The van der Waals surface area contributed by atoms with Gasteiger partial charge in [0.15, 0.2) is 0 Å². The summed E-state index contributed by atoms with van der Waals surface area (Å²) in [6.45, 7) is 5.48. The third-order valence-electron chi connectivity index (χ3n) is 2.63. The molecule has 0 bridgehead atoms. The van der Waals surface area contributed by atoms with Crippen LogP contribution in [0, 0.1) is 5.82 Å². The normalized spacial score (nSPS) is 14.0. The third kappa shape index (κ3) is 4.00. The second-order valence-corrected chi connectivity index (χ2v) is 4.23. The summed E-state index contributed by atoms with van der Waals surface area (Å²) in [4.78, 5) is 11.8. The SMILES string of the molecule is CCC(C)OC(C)C(=O)Nc1cc(N)ccc1F. The van der Waals surface area contributed by atoms with Crippen molar-refractivity contribution >= 4 is 17.3 Å². The second kappa shape index (κ2) is 6.35. The van der Waals surface area contributed by atoms with Gasteiger partial charge in [-0.25, -0.2) is 4.39 Å². The Labute approximate surface area is 106 Å². The molecule has 0 aliphatic heterocycles. The summed E-state index contributed by atoms with van der Waals surface area (Å²) in [6.07, 6.45) is 0.154. The zero-order valence-electron chi connectivity index (χ0n) is 10.9. The van der Waals surface area contributed by atoms with Crippen LogP contribution < -0.4 is 11.1 Å². The van der Waals surface area contributed by atoms with E-state index in [1.807, 2.05) is 13.8 Å². The van der Waals surface area contributed by atoms with Crippen LogP contribution in [-0.4, -0.2) is 18.1 Å². The van der Waals surface area contributed by atoms with Gasteiger partial charge in [0.25, 0.3) is 5.91 Å². The predicted molar refractivity (Wildman–Crippen MR) is 69.7 cm³/mol. The predicted octanol–water partition coefficient (Wildman–Crippen LogP) is 2.55. The number of hydrogen-bond donors (Lipinski definition) is 2. The van der Waals surface area contributed by atoms with Gasteiger partial charge in [-0.2, -0.15) is 0 Å². The van der Waals surface area contributed by atoms with Crippen molar-refractivity contribution in [1.29, 1.82) is 0 Å². The fraction of sp³-hybridized carbons (Fsp3) is 0.462. The molecule has 4 nitrogen and oxygen atoms in total. The fourth-order valence-electron chi connectivity index (χ4n) is 1.38. The van der Waals surface area contributed by atoms with E-state index < -0.39 is 11.9 Å². The molecule has 1 aromatic carbocycles. The molecule has 0 spiro atoms. The van der Waals surface area contributed by atoms with Crippen LogP contribution in [0.3, 0.4) is 0 Å². The lowest BCUT2D eigenvalue weighted by Crippen LogP contribution is -2.30. The van der Waals surface area contributed by atoms with Crippen LogP contribution in [0.4, 0.5) is 15.8 Å². The van der Waals surface area contributed by atoms with E-state index in [1.165, 1.54) is 18.2 Å². The quantitative estimate of drug-likeness (QED) is 0.794. The maximum Gasteiger partial charge on any atom is 0.253 e. The molecule has 100 valence electrons. The fourth-order valence-corrected chi connectivity index (χ4v) is 1.38. The van der Waals surface area contributed by atoms with E-state index in [9.17, 15) is 9.18 Å². The highest BCUT2D eigenvalue weighted by atomic mass is 19.1. The Morgan fingerprint density at radius 1 is 1.50 bits per heavy atom. The highest BCUT2D eigenvalue weighted by Gasteiger charge is 2.17. The number of halogens is 1. The van der Waals surface area contributed by atoms with Crippen molar-refractivity contribution in [3.8, 4) is 0 Å². The molecule has 1 rings (SSSR count). The third-order valence-corrected chi connectivity index (χ3v) is 2.63. The van der Waals surface area contributed by atoms with Gasteiger partial charge in [-0.1, -0.05) is 6.92 Å². The number of nitrogen functional groups attached to an aromatic ring is 1. The molecular weight excluding hydrogens is 235 g/mol. The van der Waals surface area contributed by atoms with E-state index in [-0.39, 0.29) is 17.7 Å². The van der Waals surface area contributed by atoms with Crippen molar-refractivity contribution in [3.63, 3.8) is 0 Å². The first-order valence-corrected chi connectivity index (χ1v) is 5.95. The molecule has 0 aromatic heterocycles. The van der Waals surface area contributed by atoms with Gasteiger partial charge in [0.05, 0.1) is 11.8 Å². The number of ether oxygens (including phenoxy) is 1. The van der Waals surface area contributed by atoms with Gasteiger partial charge in [0.2, 0.25) is 0 Å². The number of nitrogens with one attached hydrogen (secondary N) is 1. The molecule has 5 heteroatoms. The van der Waals surface area contributed by atoms with Crippen molar-refractivity contribution in [3.05, 3.63) is 24.0 Å². The second-order valence-electron chi connectivity index (χ2n) is 4.23. The van der Waals surface area contributed by atoms with Gasteiger partial charge in [-0.05, 0) is 38.5 Å². The number of carbonyl (C=O) groups is 1. The molecule has 0 saturated heterocycles. The summed E-state index contributed by atoms with van der Waals surface area (Å²) in [7, 11) is 0. The molecule has 0 heterocycles. The van der Waals surface area contributed by atoms with Crippen LogP contribution in [0.2, 0.25) is 0 Å². The smallest absolute Gasteiger partial charge is 0.253 e. The summed E-state index contributed by atoms with van der Waals surface area (Å²) in [6, 6.07) is 4.03. The van der Waals surface area contributed by atoms with Crippen molar-refractivity contribution in [2.24, 2.45) is 0 Å². The Balaban J connectivity index is 2.66. The Hall–Kier alpha value is -1.62. The first kappa shape index (κ1) is 14.4. The molecule has 0 saturated carbocycles. The Morgan fingerprint density at radius 3 is 2.78 bits per heavy atom. The maximum absolute atomic E-state index is 13.4. The van der Waals surface area contributed by atoms with Crippen molar-refractivity contribution in [2.75, 3.05) is 11.1 Å². The number of hydrogen-bond acceptors (Lipinski definition) is 3. The molecule has 0 aliphatic carbocycles. The van der Waals surface area contributed by atoms with Gasteiger partial charge in [0, 0.05) is 5.69 Å².